The van der Waals surface area contributed by atoms with Crippen LogP contribution in [0, 0.1) is 0 Å². The highest BCUT2D eigenvalue weighted by atomic mass is 16.5. The molecule has 1 aromatic heterocycles. The van der Waals surface area contributed by atoms with E-state index >= 15 is 0 Å². The number of piperidine rings is 1. The van der Waals surface area contributed by atoms with Crippen molar-refractivity contribution in [3.8, 4) is 11.5 Å². The Kier molecular flexibility index (Phi) is 6.01. The third-order valence-electron chi connectivity index (χ3n) is 5.06. The number of benzene rings is 1. The largest absolute Gasteiger partial charge is 0.493 e. The normalized spacial score (nSPS) is 17.1. The number of fused-ring (bicyclic) bond motifs is 1. The lowest BCUT2D eigenvalue weighted by Gasteiger charge is -2.33. The van der Waals surface area contributed by atoms with Crippen molar-refractivity contribution in [3.05, 3.63) is 23.9 Å². The molecule has 1 saturated heterocycles. The zero-order valence-electron chi connectivity index (χ0n) is 16.2. The van der Waals surface area contributed by atoms with E-state index in [4.69, 9.17) is 24.9 Å². The summed E-state index contributed by atoms with van der Waals surface area (Å²) in [7, 11) is 4.81. The number of methoxy groups -OCH3 is 3. The van der Waals surface area contributed by atoms with E-state index in [1.54, 1.807) is 21.3 Å². The van der Waals surface area contributed by atoms with Crippen LogP contribution in [0.1, 0.15) is 30.9 Å². The van der Waals surface area contributed by atoms with Crippen LogP contribution in [0.15, 0.2) is 18.2 Å². The van der Waals surface area contributed by atoms with Gasteiger partial charge in [-0.25, -0.2) is 0 Å². The van der Waals surface area contributed by atoms with Crippen LogP contribution < -0.4 is 15.2 Å². The van der Waals surface area contributed by atoms with Crippen LogP contribution in [0.25, 0.3) is 10.9 Å². The van der Waals surface area contributed by atoms with Gasteiger partial charge >= 0.3 is 0 Å². The number of nitrogen functional groups attached to an aromatic ring is 1. The van der Waals surface area contributed by atoms with Gasteiger partial charge in [0.1, 0.15) is 0 Å². The first-order valence-electron chi connectivity index (χ1n) is 9.16. The number of pyridine rings is 1. The third-order valence-corrected chi connectivity index (χ3v) is 5.06. The highest BCUT2D eigenvalue weighted by Crippen LogP contribution is 2.36. The van der Waals surface area contributed by atoms with Gasteiger partial charge in [-0.2, -0.15) is 0 Å². The number of ether oxygens (including phenoxy) is 3. The molecule has 1 fully saturated rings. The minimum absolute atomic E-state index is 0.118. The second-order valence-corrected chi connectivity index (χ2v) is 6.78. The summed E-state index contributed by atoms with van der Waals surface area (Å²) >= 11 is 0. The first kappa shape index (κ1) is 19.2. The Morgan fingerprint density at radius 2 is 1.96 bits per heavy atom. The Bertz CT molecular complexity index is 824. The van der Waals surface area contributed by atoms with Crippen molar-refractivity contribution < 1.29 is 19.0 Å². The highest BCUT2D eigenvalue weighted by Gasteiger charge is 2.27. The van der Waals surface area contributed by atoms with Crippen LogP contribution in [-0.2, 0) is 9.53 Å². The van der Waals surface area contributed by atoms with E-state index in [2.05, 4.69) is 0 Å². The van der Waals surface area contributed by atoms with Crippen molar-refractivity contribution in [2.75, 3.05) is 46.8 Å². The average Bonchev–Trinajstić information content (AvgIpc) is 2.70. The van der Waals surface area contributed by atoms with E-state index in [0.717, 1.165) is 36.0 Å². The maximum Gasteiger partial charge on any atom is 0.224 e. The molecule has 7 nitrogen and oxygen atoms in total. The summed E-state index contributed by atoms with van der Waals surface area (Å²) in [6, 6.07) is 5.66. The van der Waals surface area contributed by atoms with E-state index in [1.165, 1.54) is 0 Å². The molecule has 2 heterocycles. The lowest BCUT2D eigenvalue weighted by atomic mass is 9.92. The number of carbonyl (C=O) groups is 1. The molecule has 2 N–H and O–H groups in total. The van der Waals surface area contributed by atoms with E-state index in [-0.39, 0.29) is 11.8 Å². The van der Waals surface area contributed by atoms with Crippen molar-refractivity contribution in [1.29, 1.82) is 0 Å². The molecule has 1 atom stereocenters. The first-order chi connectivity index (χ1) is 13.1. The number of hydrogen-bond donors (Lipinski definition) is 1. The van der Waals surface area contributed by atoms with Gasteiger partial charge in [-0.05, 0) is 25.0 Å². The van der Waals surface area contributed by atoms with E-state index in [1.807, 2.05) is 23.1 Å². The van der Waals surface area contributed by atoms with Gasteiger partial charge in [-0.3, -0.25) is 9.78 Å². The predicted octanol–water partition coefficient (Wildman–Crippen LogP) is 2.58. The Labute approximate surface area is 159 Å². The fourth-order valence-electron chi connectivity index (χ4n) is 3.63. The summed E-state index contributed by atoms with van der Waals surface area (Å²) in [6.45, 7) is 1.86. The van der Waals surface area contributed by atoms with Crippen molar-refractivity contribution in [2.45, 2.75) is 25.2 Å². The molecule has 0 unspecified atom stereocenters. The lowest BCUT2D eigenvalue weighted by Crippen LogP contribution is -2.39. The number of amides is 1. The second kappa shape index (κ2) is 8.43. The van der Waals surface area contributed by atoms with E-state index < -0.39 is 0 Å². The minimum Gasteiger partial charge on any atom is -0.493 e. The van der Waals surface area contributed by atoms with Gasteiger partial charge in [0.15, 0.2) is 11.5 Å². The van der Waals surface area contributed by atoms with Gasteiger partial charge in [-0.1, -0.05) is 0 Å². The lowest BCUT2D eigenvalue weighted by molar-refractivity contribution is -0.133. The Morgan fingerprint density at radius 3 is 2.67 bits per heavy atom. The van der Waals surface area contributed by atoms with Crippen molar-refractivity contribution in [2.24, 2.45) is 0 Å². The minimum atomic E-state index is 0.118. The molecule has 2 aromatic rings. The first-order valence-corrected chi connectivity index (χ1v) is 9.16. The van der Waals surface area contributed by atoms with Crippen LogP contribution >= 0.6 is 0 Å². The molecule has 146 valence electrons. The Morgan fingerprint density at radius 1 is 1.22 bits per heavy atom. The molecule has 7 heteroatoms. The van der Waals surface area contributed by atoms with Gasteiger partial charge < -0.3 is 24.8 Å². The fraction of sp³-hybridized carbons (Fsp3) is 0.500. The highest BCUT2D eigenvalue weighted by molar-refractivity contribution is 5.86. The van der Waals surface area contributed by atoms with Gasteiger partial charge in [0.2, 0.25) is 5.91 Å². The molecule has 3 rings (SSSR count). The van der Waals surface area contributed by atoms with Crippen LogP contribution in [-0.4, -0.2) is 56.8 Å². The number of likely N-dealkylation sites (tertiary alicyclic amines) is 1. The third kappa shape index (κ3) is 4.08. The zero-order valence-corrected chi connectivity index (χ0v) is 16.2. The summed E-state index contributed by atoms with van der Waals surface area (Å²) in [6.07, 6.45) is 2.30. The molecule has 1 aliphatic heterocycles. The molecule has 1 aliphatic rings. The molecule has 0 radical (unpaired) electrons. The molecular weight excluding hydrogens is 346 g/mol. The van der Waals surface area contributed by atoms with Gasteiger partial charge in [0, 0.05) is 37.6 Å². The number of nitrogens with two attached hydrogens (primary N) is 1. The zero-order chi connectivity index (χ0) is 19.4. The number of carbonyl (C=O) groups excluding carboxylic acids is 1. The van der Waals surface area contributed by atoms with Gasteiger partial charge in [0.05, 0.1) is 44.1 Å². The van der Waals surface area contributed by atoms with Gasteiger partial charge in [0.25, 0.3) is 0 Å². The van der Waals surface area contributed by atoms with Crippen LogP contribution in [0.3, 0.4) is 0 Å². The Balaban J connectivity index is 1.89. The molecule has 0 bridgehead atoms. The fourth-order valence-corrected chi connectivity index (χ4v) is 3.63. The predicted molar refractivity (Wildman–Crippen MR) is 104 cm³/mol. The van der Waals surface area contributed by atoms with Crippen LogP contribution in [0.2, 0.25) is 0 Å². The smallest absolute Gasteiger partial charge is 0.224 e. The topological polar surface area (TPSA) is 86.9 Å². The van der Waals surface area contributed by atoms with Crippen molar-refractivity contribution >= 4 is 22.5 Å². The van der Waals surface area contributed by atoms with E-state index in [9.17, 15) is 4.79 Å². The standard InChI is InChI=1S/C20H27N3O4/c1-25-8-6-19(24)23-7-4-5-13(12-23)20-15(21)9-14-10-17(26-2)18(27-3)11-16(14)22-20/h9-11,13H,4-8,12,21H2,1-3H3/t13-/m1/s1. The van der Waals surface area contributed by atoms with Crippen LogP contribution in [0.4, 0.5) is 5.69 Å². The molecule has 0 aliphatic carbocycles. The SMILES string of the molecule is COCCC(=O)N1CCC[C@@H](c2nc3cc(OC)c(OC)cc3cc2N)C1. The molecule has 1 amide bonds. The summed E-state index contributed by atoms with van der Waals surface area (Å²) in [5.74, 6) is 1.52. The van der Waals surface area contributed by atoms with Gasteiger partial charge in [-0.15, -0.1) is 0 Å². The number of nitrogens with zero attached hydrogens (tertiary/aromatic N) is 2. The number of anilines is 1. The summed E-state index contributed by atoms with van der Waals surface area (Å²) in [5, 5.41) is 0.901. The van der Waals surface area contributed by atoms with Crippen LogP contribution in [0.5, 0.6) is 11.5 Å². The molecule has 1 aromatic carbocycles. The quantitative estimate of drug-likeness (QED) is 0.837. The number of aromatic nitrogens is 1. The Hall–Kier alpha value is -2.54. The second-order valence-electron chi connectivity index (χ2n) is 6.78. The maximum absolute atomic E-state index is 12.3. The van der Waals surface area contributed by atoms with E-state index in [0.29, 0.717) is 36.8 Å². The average molecular weight is 373 g/mol. The van der Waals surface area contributed by atoms with Crippen molar-refractivity contribution in [3.63, 3.8) is 0 Å². The molecule has 0 spiro atoms. The summed E-state index contributed by atoms with van der Waals surface area (Å²) in [4.78, 5) is 19.1. The van der Waals surface area contributed by atoms with Crippen molar-refractivity contribution in [1.82, 2.24) is 9.88 Å². The number of rotatable bonds is 6. The summed E-state index contributed by atoms with van der Waals surface area (Å²) in [5.41, 5.74) is 8.62. The monoisotopic (exact) mass is 373 g/mol. The molecular formula is C20H27N3O4. The molecule has 0 saturated carbocycles. The molecule has 27 heavy (non-hydrogen) atoms. The summed E-state index contributed by atoms with van der Waals surface area (Å²) < 4.78 is 15.8. The number of hydrogen-bond acceptors (Lipinski definition) is 6. The maximum atomic E-state index is 12.3.